The molecule has 27 heavy (non-hydrogen) atoms. The minimum atomic E-state index is -3.30. The minimum Gasteiger partial charge on any atom is -0.341 e. The SMILES string of the molecule is CC(=O)N1CCc2ccccc2C1CC(=O)N1CCCC(NS(C)(=O)=O)C1. The van der Waals surface area contributed by atoms with Crippen LogP contribution in [0.4, 0.5) is 0 Å². The van der Waals surface area contributed by atoms with E-state index in [-0.39, 0.29) is 30.3 Å². The smallest absolute Gasteiger partial charge is 0.225 e. The number of rotatable bonds is 4. The van der Waals surface area contributed by atoms with Crippen molar-refractivity contribution in [3.63, 3.8) is 0 Å². The van der Waals surface area contributed by atoms with Crippen molar-refractivity contribution in [3.8, 4) is 0 Å². The molecule has 8 heteroatoms. The van der Waals surface area contributed by atoms with Gasteiger partial charge in [-0.05, 0) is 30.4 Å². The molecule has 1 aromatic carbocycles. The molecule has 0 saturated carbocycles. The van der Waals surface area contributed by atoms with E-state index in [9.17, 15) is 18.0 Å². The number of fused-ring (bicyclic) bond motifs is 1. The molecule has 3 rings (SSSR count). The lowest BCUT2D eigenvalue weighted by molar-refractivity contribution is -0.137. The quantitative estimate of drug-likeness (QED) is 0.829. The van der Waals surface area contributed by atoms with Crippen molar-refractivity contribution >= 4 is 21.8 Å². The largest absolute Gasteiger partial charge is 0.341 e. The Bertz CT molecular complexity index is 824. The van der Waals surface area contributed by atoms with Gasteiger partial charge in [0, 0.05) is 32.6 Å². The molecule has 0 radical (unpaired) electrons. The van der Waals surface area contributed by atoms with Gasteiger partial charge >= 0.3 is 0 Å². The summed E-state index contributed by atoms with van der Waals surface area (Å²) in [5.74, 6) is -0.0690. The second-order valence-corrected chi connectivity index (χ2v) is 9.23. The fourth-order valence-electron chi connectivity index (χ4n) is 4.15. The van der Waals surface area contributed by atoms with Crippen LogP contribution in [0.15, 0.2) is 24.3 Å². The van der Waals surface area contributed by atoms with Crippen LogP contribution in [0.3, 0.4) is 0 Å². The summed E-state index contributed by atoms with van der Waals surface area (Å²) < 4.78 is 25.6. The standard InChI is InChI=1S/C19H27N3O4S/c1-14(23)22-11-9-15-6-3-4-8-17(15)18(22)12-19(24)21-10-5-7-16(13-21)20-27(2,25)26/h3-4,6,8,16,18,20H,5,7,9-13H2,1-2H3. The molecule has 0 spiro atoms. The summed E-state index contributed by atoms with van der Waals surface area (Å²) in [5.41, 5.74) is 2.22. The van der Waals surface area contributed by atoms with Crippen molar-refractivity contribution < 1.29 is 18.0 Å². The zero-order valence-corrected chi connectivity index (χ0v) is 16.7. The molecule has 2 unspecified atom stereocenters. The zero-order valence-electron chi connectivity index (χ0n) is 15.8. The fraction of sp³-hybridized carbons (Fsp3) is 0.579. The summed E-state index contributed by atoms with van der Waals surface area (Å²) in [5, 5.41) is 0. The van der Waals surface area contributed by atoms with E-state index in [1.807, 2.05) is 18.2 Å². The fourth-order valence-corrected chi connectivity index (χ4v) is 4.94. The third-order valence-corrected chi connectivity index (χ3v) is 6.10. The highest BCUT2D eigenvalue weighted by atomic mass is 32.2. The summed E-state index contributed by atoms with van der Waals surface area (Å²) in [4.78, 5) is 28.6. The van der Waals surface area contributed by atoms with Crippen LogP contribution in [-0.2, 0) is 26.0 Å². The minimum absolute atomic E-state index is 0.0300. The predicted molar refractivity (Wildman–Crippen MR) is 102 cm³/mol. The van der Waals surface area contributed by atoms with Crippen molar-refractivity contribution in [2.75, 3.05) is 25.9 Å². The highest BCUT2D eigenvalue weighted by Gasteiger charge is 2.33. The van der Waals surface area contributed by atoms with Gasteiger partial charge in [0.05, 0.1) is 18.7 Å². The van der Waals surface area contributed by atoms with E-state index in [0.29, 0.717) is 19.6 Å². The number of hydrogen-bond donors (Lipinski definition) is 1. The van der Waals surface area contributed by atoms with Crippen molar-refractivity contribution in [1.29, 1.82) is 0 Å². The first-order valence-corrected chi connectivity index (χ1v) is 11.2. The zero-order chi connectivity index (χ0) is 19.6. The Labute approximate surface area is 160 Å². The van der Waals surface area contributed by atoms with Gasteiger partial charge in [0.1, 0.15) is 0 Å². The van der Waals surface area contributed by atoms with Crippen LogP contribution < -0.4 is 4.72 Å². The number of nitrogens with zero attached hydrogens (tertiary/aromatic N) is 2. The molecule has 1 saturated heterocycles. The molecule has 0 bridgehead atoms. The van der Waals surface area contributed by atoms with E-state index in [1.165, 1.54) is 5.56 Å². The van der Waals surface area contributed by atoms with Crippen LogP contribution in [0.5, 0.6) is 0 Å². The Balaban J connectivity index is 1.74. The van der Waals surface area contributed by atoms with Gasteiger partial charge < -0.3 is 9.80 Å². The van der Waals surface area contributed by atoms with Crippen LogP contribution >= 0.6 is 0 Å². The molecule has 7 nitrogen and oxygen atoms in total. The van der Waals surface area contributed by atoms with Crippen LogP contribution in [0.1, 0.15) is 43.4 Å². The predicted octanol–water partition coefficient (Wildman–Crippen LogP) is 1.06. The van der Waals surface area contributed by atoms with E-state index in [4.69, 9.17) is 0 Å². The van der Waals surface area contributed by atoms with Gasteiger partial charge in [-0.15, -0.1) is 0 Å². The average Bonchev–Trinajstić information content (AvgIpc) is 2.60. The number of piperidine rings is 1. The first-order valence-electron chi connectivity index (χ1n) is 9.34. The van der Waals surface area contributed by atoms with Crippen LogP contribution in [0, 0.1) is 0 Å². The normalized spacial score (nSPS) is 23.0. The van der Waals surface area contributed by atoms with E-state index in [1.54, 1.807) is 16.7 Å². The molecule has 2 aliphatic heterocycles. The Morgan fingerprint density at radius 1 is 1.22 bits per heavy atom. The van der Waals surface area contributed by atoms with Gasteiger partial charge in [0.2, 0.25) is 21.8 Å². The maximum Gasteiger partial charge on any atom is 0.225 e. The first-order chi connectivity index (χ1) is 12.7. The number of benzene rings is 1. The summed E-state index contributed by atoms with van der Waals surface area (Å²) in [6.07, 6.45) is 3.64. The molecule has 2 amide bonds. The molecule has 1 N–H and O–H groups in total. The molecule has 1 aromatic rings. The lowest BCUT2D eigenvalue weighted by Gasteiger charge is -2.39. The lowest BCUT2D eigenvalue weighted by Crippen LogP contribution is -2.50. The van der Waals surface area contributed by atoms with Gasteiger partial charge in [-0.1, -0.05) is 24.3 Å². The Kier molecular flexibility index (Phi) is 5.86. The number of likely N-dealkylation sites (tertiary alicyclic amines) is 1. The molecule has 1 fully saturated rings. The Morgan fingerprint density at radius 3 is 2.67 bits per heavy atom. The molecule has 2 heterocycles. The van der Waals surface area contributed by atoms with Crippen LogP contribution in [0.2, 0.25) is 0 Å². The summed E-state index contributed by atoms with van der Waals surface area (Å²) >= 11 is 0. The van der Waals surface area contributed by atoms with Crippen molar-refractivity contribution in [3.05, 3.63) is 35.4 Å². The van der Waals surface area contributed by atoms with Gasteiger partial charge in [0.25, 0.3) is 0 Å². The number of nitrogens with one attached hydrogen (secondary N) is 1. The molecule has 2 aliphatic rings. The molecule has 0 aromatic heterocycles. The number of carbonyl (C=O) groups excluding carboxylic acids is 2. The second-order valence-electron chi connectivity index (χ2n) is 7.45. The van der Waals surface area contributed by atoms with E-state index in [0.717, 1.165) is 31.1 Å². The lowest BCUT2D eigenvalue weighted by atomic mass is 9.90. The van der Waals surface area contributed by atoms with Crippen molar-refractivity contribution in [2.24, 2.45) is 0 Å². The van der Waals surface area contributed by atoms with Gasteiger partial charge in [-0.2, -0.15) is 0 Å². The molecule has 2 atom stereocenters. The van der Waals surface area contributed by atoms with Crippen molar-refractivity contribution in [1.82, 2.24) is 14.5 Å². The Morgan fingerprint density at radius 2 is 1.96 bits per heavy atom. The van der Waals surface area contributed by atoms with Crippen LogP contribution in [-0.4, -0.2) is 62.0 Å². The van der Waals surface area contributed by atoms with E-state index < -0.39 is 10.0 Å². The number of hydrogen-bond acceptors (Lipinski definition) is 4. The number of sulfonamides is 1. The average molecular weight is 394 g/mol. The molecular weight excluding hydrogens is 366 g/mol. The summed E-state index contributed by atoms with van der Waals surface area (Å²) in [7, 11) is -3.30. The highest BCUT2D eigenvalue weighted by molar-refractivity contribution is 7.88. The molecule has 148 valence electrons. The van der Waals surface area contributed by atoms with Gasteiger partial charge in [-0.25, -0.2) is 13.1 Å². The number of amides is 2. The maximum atomic E-state index is 13.0. The van der Waals surface area contributed by atoms with E-state index >= 15 is 0 Å². The summed E-state index contributed by atoms with van der Waals surface area (Å²) in [6, 6.07) is 7.45. The number of carbonyl (C=O) groups is 2. The Hall–Kier alpha value is -1.93. The molecule has 0 aliphatic carbocycles. The monoisotopic (exact) mass is 393 g/mol. The molecular formula is C19H27N3O4S. The van der Waals surface area contributed by atoms with E-state index in [2.05, 4.69) is 10.8 Å². The van der Waals surface area contributed by atoms with Crippen molar-refractivity contribution in [2.45, 2.75) is 44.7 Å². The third kappa shape index (κ3) is 4.87. The maximum absolute atomic E-state index is 13.0. The highest BCUT2D eigenvalue weighted by Crippen LogP contribution is 2.33. The second kappa shape index (κ2) is 7.98. The van der Waals surface area contributed by atoms with Crippen LogP contribution in [0.25, 0.3) is 0 Å². The van der Waals surface area contributed by atoms with Gasteiger partial charge in [0.15, 0.2) is 0 Å². The first kappa shape index (κ1) is 19.8. The van der Waals surface area contributed by atoms with Gasteiger partial charge in [-0.3, -0.25) is 9.59 Å². The summed E-state index contributed by atoms with van der Waals surface area (Å²) in [6.45, 7) is 3.15. The third-order valence-electron chi connectivity index (χ3n) is 5.34. The topological polar surface area (TPSA) is 86.8 Å².